The molecule has 1 amide bonds. The fourth-order valence-electron chi connectivity index (χ4n) is 3.55. The molecule has 0 spiro atoms. The molecule has 1 N–H and O–H groups in total. The van der Waals surface area contributed by atoms with Crippen molar-refractivity contribution in [1.82, 2.24) is 10.1 Å². The lowest BCUT2D eigenvalue weighted by Gasteiger charge is -2.35. The Labute approximate surface area is 190 Å². The number of amides is 1. The summed E-state index contributed by atoms with van der Waals surface area (Å²) in [6.45, 7) is 5.33. The van der Waals surface area contributed by atoms with Gasteiger partial charge in [0.25, 0.3) is 5.91 Å². The number of aromatic nitrogens is 1. The molecule has 0 radical (unpaired) electrons. The quantitative estimate of drug-likeness (QED) is 0.548. The first-order valence-electron chi connectivity index (χ1n) is 10.6. The van der Waals surface area contributed by atoms with Crippen LogP contribution in [0.5, 0.6) is 11.5 Å². The normalized spacial score (nSPS) is 14.2. The summed E-state index contributed by atoms with van der Waals surface area (Å²) < 4.78 is 21.0. The standard InChI is InChI=1S/C23H26N4O6/c1-16-11-22(25-33-16)24-23(29)15-32-21-14-31-19(12-20(21)28)13-26-7-9-27(10-8-26)17-3-5-18(30-2)6-4-17/h3-6,11-12,14H,7-10,13,15H2,1-2H3,(H,24,25,29). The second-order valence-electron chi connectivity index (χ2n) is 7.70. The lowest BCUT2D eigenvalue weighted by Crippen LogP contribution is -2.46. The number of nitrogens with one attached hydrogen (secondary N) is 1. The first kappa shape index (κ1) is 22.4. The van der Waals surface area contributed by atoms with Crippen LogP contribution in [-0.2, 0) is 11.3 Å². The second-order valence-corrected chi connectivity index (χ2v) is 7.70. The molecule has 10 heteroatoms. The summed E-state index contributed by atoms with van der Waals surface area (Å²) >= 11 is 0. The molecule has 174 valence electrons. The van der Waals surface area contributed by atoms with Crippen LogP contribution in [0.15, 0.2) is 56.4 Å². The molecule has 1 aromatic carbocycles. The maximum absolute atomic E-state index is 12.4. The van der Waals surface area contributed by atoms with E-state index in [1.165, 1.54) is 12.3 Å². The van der Waals surface area contributed by atoms with Gasteiger partial charge in [-0.05, 0) is 31.2 Å². The average molecular weight is 454 g/mol. The van der Waals surface area contributed by atoms with E-state index in [0.717, 1.165) is 37.6 Å². The minimum atomic E-state index is -0.457. The lowest BCUT2D eigenvalue weighted by molar-refractivity contribution is -0.118. The van der Waals surface area contributed by atoms with Crippen LogP contribution in [-0.4, -0.2) is 55.9 Å². The predicted octanol–water partition coefficient (Wildman–Crippen LogP) is 2.28. The van der Waals surface area contributed by atoms with Crippen molar-refractivity contribution >= 4 is 17.4 Å². The number of ether oxygens (including phenoxy) is 2. The average Bonchev–Trinajstić information content (AvgIpc) is 3.23. The number of piperazine rings is 1. The highest BCUT2D eigenvalue weighted by Crippen LogP contribution is 2.21. The van der Waals surface area contributed by atoms with E-state index in [4.69, 9.17) is 18.4 Å². The SMILES string of the molecule is COc1ccc(N2CCN(Cc3cc(=O)c(OCC(=O)Nc4cc(C)on4)co3)CC2)cc1. The number of benzene rings is 1. The van der Waals surface area contributed by atoms with Gasteiger partial charge in [-0.15, -0.1) is 0 Å². The summed E-state index contributed by atoms with van der Waals surface area (Å²) in [6, 6.07) is 11.0. The van der Waals surface area contributed by atoms with Crippen LogP contribution in [0, 0.1) is 6.92 Å². The summed E-state index contributed by atoms with van der Waals surface area (Å²) in [6.07, 6.45) is 1.25. The molecule has 0 unspecified atom stereocenters. The molecule has 0 bridgehead atoms. The number of hydrogen-bond donors (Lipinski definition) is 1. The third-order valence-corrected chi connectivity index (χ3v) is 5.30. The van der Waals surface area contributed by atoms with Gasteiger partial charge in [0.05, 0.1) is 13.7 Å². The highest BCUT2D eigenvalue weighted by atomic mass is 16.5. The fraction of sp³-hybridized carbons (Fsp3) is 0.348. The van der Waals surface area contributed by atoms with Crippen LogP contribution in [0.2, 0.25) is 0 Å². The molecule has 10 nitrogen and oxygen atoms in total. The number of methoxy groups -OCH3 is 1. The Bertz CT molecular complexity index is 1130. The maximum Gasteiger partial charge on any atom is 0.263 e. The van der Waals surface area contributed by atoms with Gasteiger partial charge in [-0.3, -0.25) is 14.5 Å². The summed E-state index contributed by atoms with van der Waals surface area (Å²) in [4.78, 5) is 28.8. The predicted molar refractivity (Wildman–Crippen MR) is 121 cm³/mol. The van der Waals surface area contributed by atoms with Gasteiger partial charge in [-0.25, -0.2) is 0 Å². The Morgan fingerprint density at radius 3 is 2.55 bits per heavy atom. The number of rotatable bonds is 8. The largest absolute Gasteiger partial charge is 0.497 e. The van der Waals surface area contributed by atoms with E-state index in [1.807, 2.05) is 12.1 Å². The molecular formula is C23H26N4O6. The molecule has 1 saturated heterocycles. The highest BCUT2D eigenvalue weighted by molar-refractivity contribution is 5.90. The summed E-state index contributed by atoms with van der Waals surface area (Å²) in [5.74, 6) is 1.77. The van der Waals surface area contributed by atoms with Crippen LogP contribution in [0.4, 0.5) is 11.5 Å². The fourth-order valence-corrected chi connectivity index (χ4v) is 3.55. The molecule has 1 aliphatic rings. The van der Waals surface area contributed by atoms with Gasteiger partial charge in [-0.2, -0.15) is 0 Å². The third-order valence-electron chi connectivity index (χ3n) is 5.30. The van der Waals surface area contributed by atoms with Crippen LogP contribution < -0.4 is 25.1 Å². The summed E-state index contributed by atoms with van der Waals surface area (Å²) in [7, 11) is 1.66. The molecule has 0 saturated carbocycles. The van der Waals surface area contributed by atoms with Crippen molar-refractivity contribution in [2.24, 2.45) is 0 Å². The molecule has 0 atom stereocenters. The van der Waals surface area contributed by atoms with Gasteiger partial charge in [0.2, 0.25) is 11.2 Å². The van der Waals surface area contributed by atoms with Crippen LogP contribution >= 0.6 is 0 Å². The zero-order valence-electron chi connectivity index (χ0n) is 18.6. The highest BCUT2D eigenvalue weighted by Gasteiger charge is 2.19. The van der Waals surface area contributed by atoms with E-state index in [2.05, 4.69) is 32.4 Å². The topological polar surface area (TPSA) is 110 Å². The van der Waals surface area contributed by atoms with Gasteiger partial charge < -0.3 is 28.6 Å². The molecule has 4 rings (SSSR count). The van der Waals surface area contributed by atoms with Crippen LogP contribution in [0.25, 0.3) is 0 Å². The van der Waals surface area contributed by atoms with Crippen molar-refractivity contribution in [3.8, 4) is 11.5 Å². The maximum atomic E-state index is 12.4. The molecule has 1 fully saturated rings. The Balaban J connectivity index is 1.25. The Kier molecular flexibility index (Phi) is 6.94. The van der Waals surface area contributed by atoms with E-state index in [0.29, 0.717) is 18.1 Å². The Morgan fingerprint density at radius 2 is 1.91 bits per heavy atom. The van der Waals surface area contributed by atoms with E-state index in [9.17, 15) is 9.59 Å². The van der Waals surface area contributed by atoms with Gasteiger partial charge in [0.1, 0.15) is 23.5 Å². The first-order valence-corrected chi connectivity index (χ1v) is 10.6. The number of hydrogen-bond acceptors (Lipinski definition) is 9. The van der Waals surface area contributed by atoms with Gasteiger partial charge in [0, 0.05) is 44.0 Å². The lowest BCUT2D eigenvalue weighted by atomic mass is 10.2. The minimum Gasteiger partial charge on any atom is -0.497 e. The van der Waals surface area contributed by atoms with Gasteiger partial charge in [-0.1, -0.05) is 5.16 Å². The van der Waals surface area contributed by atoms with Gasteiger partial charge >= 0.3 is 0 Å². The van der Waals surface area contributed by atoms with Crippen LogP contribution in [0.1, 0.15) is 11.5 Å². The number of carbonyl (C=O) groups excluding carboxylic acids is 1. The van der Waals surface area contributed by atoms with Crippen molar-refractivity contribution in [2.45, 2.75) is 13.5 Å². The molecule has 33 heavy (non-hydrogen) atoms. The van der Waals surface area contributed by atoms with E-state index >= 15 is 0 Å². The number of nitrogens with zero attached hydrogens (tertiary/aromatic N) is 3. The van der Waals surface area contributed by atoms with E-state index < -0.39 is 5.91 Å². The molecule has 3 aromatic rings. The zero-order valence-corrected chi connectivity index (χ0v) is 18.6. The molecule has 1 aliphatic heterocycles. The van der Waals surface area contributed by atoms with Crippen LogP contribution in [0.3, 0.4) is 0 Å². The monoisotopic (exact) mass is 454 g/mol. The Hall–Kier alpha value is -3.79. The zero-order chi connectivity index (χ0) is 23.2. The van der Waals surface area contributed by atoms with Crippen molar-refractivity contribution in [1.29, 1.82) is 0 Å². The summed E-state index contributed by atoms with van der Waals surface area (Å²) in [5.41, 5.74) is 0.824. The van der Waals surface area contributed by atoms with Crippen molar-refractivity contribution in [2.75, 3.05) is 50.1 Å². The Morgan fingerprint density at radius 1 is 1.15 bits per heavy atom. The second kappa shape index (κ2) is 10.2. The summed E-state index contributed by atoms with van der Waals surface area (Å²) in [5, 5.41) is 6.19. The van der Waals surface area contributed by atoms with E-state index in [1.54, 1.807) is 20.1 Å². The minimum absolute atomic E-state index is 0.0189. The van der Waals surface area contributed by atoms with Crippen molar-refractivity contribution < 1.29 is 23.2 Å². The van der Waals surface area contributed by atoms with Crippen molar-refractivity contribution in [3.63, 3.8) is 0 Å². The third kappa shape index (κ3) is 5.92. The number of anilines is 2. The van der Waals surface area contributed by atoms with E-state index in [-0.39, 0.29) is 23.6 Å². The van der Waals surface area contributed by atoms with Crippen molar-refractivity contribution in [3.05, 3.63) is 64.4 Å². The molecular weight excluding hydrogens is 428 g/mol. The molecule has 0 aliphatic carbocycles. The number of aryl methyl sites for hydroxylation is 1. The molecule has 2 aromatic heterocycles. The molecule has 3 heterocycles. The van der Waals surface area contributed by atoms with Gasteiger partial charge in [0.15, 0.2) is 12.4 Å². The number of carbonyl (C=O) groups is 1. The first-order chi connectivity index (χ1) is 16.0. The smallest absolute Gasteiger partial charge is 0.263 e.